The monoisotopic (exact) mass is 268 g/mol. The molecule has 1 aromatic heterocycles. The molecule has 3 atom stereocenters. The Hall–Kier alpha value is -1.45. The van der Waals surface area contributed by atoms with Crippen LogP contribution in [-0.2, 0) is 6.54 Å². The van der Waals surface area contributed by atoms with Crippen LogP contribution < -0.4 is 0 Å². The molecule has 3 heteroatoms. The van der Waals surface area contributed by atoms with Crippen molar-refractivity contribution in [1.82, 2.24) is 9.88 Å². The van der Waals surface area contributed by atoms with Crippen molar-refractivity contribution in [3.63, 3.8) is 0 Å². The molecular weight excluding hydrogens is 248 g/mol. The van der Waals surface area contributed by atoms with Crippen LogP contribution in [0.25, 0.3) is 10.9 Å². The van der Waals surface area contributed by atoms with Crippen LogP contribution in [0.5, 0.6) is 0 Å². The number of aliphatic hydroxyl groups excluding tert-OH is 1. The third-order valence-corrected chi connectivity index (χ3v) is 4.88. The van der Waals surface area contributed by atoms with Crippen LogP contribution >= 0.6 is 0 Å². The van der Waals surface area contributed by atoms with Crippen LogP contribution in [0.3, 0.4) is 0 Å². The maximum absolute atomic E-state index is 9.70. The molecule has 2 heterocycles. The minimum atomic E-state index is -0.0427. The van der Waals surface area contributed by atoms with Gasteiger partial charge in [-0.2, -0.15) is 0 Å². The molecule has 1 saturated heterocycles. The number of rotatable bonds is 2. The Bertz CT molecular complexity index is 613. The molecular formula is C17H20N2O. The predicted molar refractivity (Wildman–Crippen MR) is 79.2 cm³/mol. The summed E-state index contributed by atoms with van der Waals surface area (Å²) in [6.07, 6.45) is 3.81. The molecule has 104 valence electrons. The first-order valence-electron chi connectivity index (χ1n) is 7.52. The highest BCUT2D eigenvalue weighted by molar-refractivity contribution is 5.78. The van der Waals surface area contributed by atoms with Crippen molar-refractivity contribution in [3.8, 4) is 0 Å². The van der Waals surface area contributed by atoms with Crippen molar-refractivity contribution in [2.75, 3.05) is 13.1 Å². The summed E-state index contributed by atoms with van der Waals surface area (Å²) >= 11 is 0. The minimum absolute atomic E-state index is 0.0427. The van der Waals surface area contributed by atoms with Gasteiger partial charge in [-0.05, 0) is 48.4 Å². The molecule has 20 heavy (non-hydrogen) atoms. The van der Waals surface area contributed by atoms with Gasteiger partial charge < -0.3 is 5.11 Å². The van der Waals surface area contributed by atoms with Crippen molar-refractivity contribution in [2.24, 2.45) is 11.8 Å². The molecule has 2 aromatic rings. The lowest BCUT2D eigenvalue weighted by Crippen LogP contribution is -2.22. The smallest absolute Gasteiger partial charge is 0.0702 e. The first-order chi connectivity index (χ1) is 9.78. The van der Waals surface area contributed by atoms with E-state index in [-0.39, 0.29) is 6.10 Å². The Morgan fingerprint density at radius 1 is 1.15 bits per heavy atom. The van der Waals surface area contributed by atoms with E-state index in [4.69, 9.17) is 0 Å². The van der Waals surface area contributed by atoms with Crippen LogP contribution in [-0.4, -0.2) is 34.2 Å². The number of aliphatic hydroxyl groups is 1. The number of aromatic nitrogens is 1. The van der Waals surface area contributed by atoms with Gasteiger partial charge in [0.2, 0.25) is 0 Å². The van der Waals surface area contributed by atoms with Crippen molar-refractivity contribution < 1.29 is 5.11 Å². The van der Waals surface area contributed by atoms with Crippen LogP contribution in [0, 0.1) is 11.8 Å². The first kappa shape index (κ1) is 12.3. The summed E-state index contributed by atoms with van der Waals surface area (Å²) in [7, 11) is 0. The lowest BCUT2D eigenvalue weighted by molar-refractivity contribution is 0.161. The predicted octanol–water partition coefficient (Wildman–Crippen LogP) is 2.44. The summed E-state index contributed by atoms with van der Waals surface area (Å²) in [5.74, 6) is 1.43. The summed E-state index contributed by atoms with van der Waals surface area (Å²) in [4.78, 5) is 6.91. The van der Waals surface area contributed by atoms with Gasteiger partial charge in [0.25, 0.3) is 0 Å². The van der Waals surface area contributed by atoms with Gasteiger partial charge in [0.1, 0.15) is 0 Å². The van der Waals surface area contributed by atoms with Crippen LogP contribution in [0.4, 0.5) is 0 Å². The van der Waals surface area contributed by atoms with E-state index in [1.54, 1.807) is 0 Å². The molecule has 3 nitrogen and oxygen atoms in total. The van der Waals surface area contributed by atoms with Gasteiger partial charge in [0.05, 0.1) is 11.6 Å². The lowest BCUT2D eigenvalue weighted by Gasteiger charge is -2.17. The molecule has 0 radical (unpaired) electrons. The topological polar surface area (TPSA) is 36.4 Å². The molecule has 0 spiro atoms. The van der Waals surface area contributed by atoms with Crippen molar-refractivity contribution in [2.45, 2.75) is 25.5 Å². The maximum Gasteiger partial charge on any atom is 0.0702 e. The largest absolute Gasteiger partial charge is 0.393 e. The molecule has 0 bridgehead atoms. The molecule has 1 unspecified atom stereocenters. The molecule has 1 aliphatic carbocycles. The van der Waals surface area contributed by atoms with Crippen molar-refractivity contribution in [3.05, 3.63) is 42.1 Å². The minimum Gasteiger partial charge on any atom is -0.393 e. The van der Waals surface area contributed by atoms with Gasteiger partial charge in [-0.25, -0.2) is 0 Å². The molecule has 0 amide bonds. The normalized spacial score (nSPS) is 29.9. The van der Waals surface area contributed by atoms with E-state index in [1.807, 2.05) is 12.3 Å². The Labute approximate surface area is 119 Å². The van der Waals surface area contributed by atoms with Gasteiger partial charge in [-0.1, -0.05) is 12.1 Å². The lowest BCUT2D eigenvalue weighted by atomic mass is 10.0. The van der Waals surface area contributed by atoms with E-state index in [1.165, 1.54) is 10.9 Å². The summed E-state index contributed by atoms with van der Waals surface area (Å²) in [5.41, 5.74) is 2.43. The van der Waals surface area contributed by atoms with E-state index >= 15 is 0 Å². The fourth-order valence-electron chi connectivity index (χ4n) is 3.98. The number of fused-ring (bicyclic) bond motifs is 2. The third kappa shape index (κ3) is 2.21. The van der Waals surface area contributed by atoms with Crippen molar-refractivity contribution >= 4 is 10.9 Å². The molecule has 1 saturated carbocycles. The number of hydrogen-bond acceptors (Lipinski definition) is 3. The highest BCUT2D eigenvalue weighted by Crippen LogP contribution is 2.38. The SMILES string of the molecule is OC1C[C@@H]2CN(Cc3ccc4ncccc4c3)C[C@@H]2C1. The van der Waals surface area contributed by atoms with E-state index in [0.717, 1.165) is 38.0 Å². The second kappa shape index (κ2) is 4.83. The average Bonchev–Trinajstić information content (AvgIpc) is 2.95. The van der Waals surface area contributed by atoms with Gasteiger partial charge in [-0.15, -0.1) is 0 Å². The molecule has 1 aromatic carbocycles. The second-order valence-electron chi connectivity index (χ2n) is 6.37. The maximum atomic E-state index is 9.70. The zero-order chi connectivity index (χ0) is 13.5. The van der Waals surface area contributed by atoms with Gasteiger partial charge in [0, 0.05) is 31.2 Å². The second-order valence-corrected chi connectivity index (χ2v) is 6.37. The van der Waals surface area contributed by atoms with E-state index in [2.05, 4.69) is 34.1 Å². The summed E-state index contributed by atoms with van der Waals surface area (Å²) in [6.45, 7) is 3.31. The molecule has 2 aliphatic rings. The zero-order valence-electron chi connectivity index (χ0n) is 11.6. The van der Waals surface area contributed by atoms with E-state index in [9.17, 15) is 5.11 Å². The Morgan fingerprint density at radius 2 is 1.95 bits per heavy atom. The molecule has 1 N–H and O–H groups in total. The average molecular weight is 268 g/mol. The molecule has 1 aliphatic heterocycles. The summed E-state index contributed by atoms with van der Waals surface area (Å²) in [6, 6.07) is 10.7. The quantitative estimate of drug-likeness (QED) is 0.909. The number of pyridine rings is 1. The van der Waals surface area contributed by atoms with Crippen LogP contribution in [0.2, 0.25) is 0 Å². The van der Waals surface area contributed by atoms with Crippen molar-refractivity contribution in [1.29, 1.82) is 0 Å². The summed E-state index contributed by atoms with van der Waals surface area (Å²) in [5, 5.41) is 10.9. The van der Waals surface area contributed by atoms with Crippen LogP contribution in [0.15, 0.2) is 36.5 Å². The van der Waals surface area contributed by atoms with Crippen LogP contribution in [0.1, 0.15) is 18.4 Å². The zero-order valence-corrected chi connectivity index (χ0v) is 11.6. The van der Waals surface area contributed by atoms with Gasteiger partial charge >= 0.3 is 0 Å². The third-order valence-electron chi connectivity index (χ3n) is 4.88. The summed E-state index contributed by atoms with van der Waals surface area (Å²) < 4.78 is 0. The number of benzene rings is 1. The Balaban J connectivity index is 1.49. The van der Waals surface area contributed by atoms with Gasteiger partial charge in [0.15, 0.2) is 0 Å². The molecule has 2 fully saturated rings. The number of nitrogens with zero attached hydrogens (tertiary/aromatic N) is 2. The van der Waals surface area contributed by atoms with E-state index < -0.39 is 0 Å². The number of likely N-dealkylation sites (tertiary alicyclic amines) is 1. The highest BCUT2D eigenvalue weighted by Gasteiger charge is 2.39. The fourth-order valence-corrected chi connectivity index (χ4v) is 3.98. The Morgan fingerprint density at radius 3 is 2.75 bits per heavy atom. The van der Waals surface area contributed by atoms with Gasteiger partial charge in [-0.3, -0.25) is 9.88 Å². The highest BCUT2D eigenvalue weighted by atomic mass is 16.3. The molecule has 4 rings (SSSR count). The first-order valence-corrected chi connectivity index (χ1v) is 7.52. The number of hydrogen-bond donors (Lipinski definition) is 1. The standard InChI is InChI=1S/C17H20N2O/c20-16-7-14-10-19(11-15(14)8-16)9-12-3-4-17-13(6-12)2-1-5-18-17/h1-6,14-16,20H,7-11H2/t14-,15+,16?. The fraction of sp³-hybridized carbons (Fsp3) is 0.471. The van der Waals surface area contributed by atoms with E-state index in [0.29, 0.717) is 11.8 Å². The Kier molecular flexibility index (Phi) is 2.97.